The standard InChI is InChI=1S/C13H16O2.C6H6O/c1-2-4-10(5-3-1)8-11-9-15-12-6-7-14-13(11)12;7-6-4-2-1-3-5-6/h1-5,11-13H,6-9H2;1-5,7H. The fourth-order valence-corrected chi connectivity index (χ4v) is 3.07. The van der Waals surface area contributed by atoms with Gasteiger partial charge in [0.25, 0.3) is 0 Å². The van der Waals surface area contributed by atoms with Gasteiger partial charge >= 0.3 is 0 Å². The number of rotatable bonds is 2. The number of fused-ring (bicyclic) bond motifs is 1. The first kappa shape index (κ1) is 15.1. The van der Waals surface area contributed by atoms with Crippen LogP contribution in [0.3, 0.4) is 0 Å². The summed E-state index contributed by atoms with van der Waals surface area (Å²) in [7, 11) is 0. The lowest BCUT2D eigenvalue weighted by Gasteiger charge is -2.15. The second kappa shape index (κ2) is 7.43. The summed E-state index contributed by atoms with van der Waals surface area (Å²) in [4.78, 5) is 0. The number of hydrogen-bond donors (Lipinski definition) is 1. The number of phenolic OH excluding ortho intramolecular Hbond substituents is 1. The smallest absolute Gasteiger partial charge is 0.115 e. The van der Waals surface area contributed by atoms with Gasteiger partial charge in [-0.25, -0.2) is 0 Å². The van der Waals surface area contributed by atoms with Crippen molar-refractivity contribution in [1.82, 2.24) is 0 Å². The Morgan fingerprint density at radius 2 is 1.59 bits per heavy atom. The average molecular weight is 298 g/mol. The molecule has 116 valence electrons. The number of hydrogen-bond acceptors (Lipinski definition) is 3. The lowest BCUT2D eigenvalue weighted by atomic mass is 9.94. The van der Waals surface area contributed by atoms with E-state index in [9.17, 15) is 0 Å². The van der Waals surface area contributed by atoms with Gasteiger partial charge in [0.2, 0.25) is 0 Å². The van der Waals surface area contributed by atoms with Gasteiger partial charge < -0.3 is 14.6 Å². The van der Waals surface area contributed by atoms with Gasteiger partial charge in [-0.3, -0.25) is 0 Å². The highest BCUT2D eigenvalue weighted by Gasteiger charge is 2.41. The minimum Gasteiger partial charge on any atom is -0.508 e. The highest BCUT2D eigenvalue weighted by molar-refractivity contribution is 5.18. The van der Waals surface area contributed by atoms with Crippen molar-refractivity contribution in [2.75, 3.05) is 13.2 Å². The molecule has 3 heteroatoms. The fourth-order valence-electron chi connectivity index (χ4n) is 3.07. The van der Waals surface area contributed by atoms with Crippen LogP contribution in [-0.4, -0.2) is 30.5 Å². The Kier molecular flexibility index (Phi) is 5.09. The second-order valence-electron chi connectivity index (χ2n) is 5.78. The van der Waals surface area contributed by atoms with Crippen LogP contribution in [0.5, 0.6) is 5.75 Å². The van der Waals surface area contributed by atoms with E-state index in [2.05, 4.69) is 30.3 Å². The lowest BCUT2D eigenvalue weighted by molar-refractivity contribution is 0.0635. The van der Waals surface area contributed by atoms with Crippen molar-refractivity contribution in [3.63, 3.8) is 0 Å². The van der Waals surface area contributed by atoms with E-state index in [4.69, 9.17) is 14.6 Å². The zero-order chi connectivity index (χ0) is 15.2. The maximum absolute atomic E-state index is 8.63. The van der Waals surface area contributed by atoms with Crippen LogP contribution >= 0.6 is 0 Å². The quantitative estimate of drug-likeness (QED) is 0.923. The number of benzene rings is 2. The van der Waals surface area contributed by atoms with Crippen LogP contribution in [0.1, 0.15) is 12.0 Å². The summed E-state index contributed by atoms with van der Waals surface area (Å²) in [6.45, 7) is 1.74. The van der Waals surface area contributed by atoms with Crippen LogP contribution in [0.4, 0.5) is 0 Å². The van der Waals surface area contributed by atoms with Crippen molar-refractivity contribution >= 4 is 0 Å². The molecule has 0 aromatic heterocycles. The van der Waals surface area contributed by atoms with Crippen LogP contribution in [0, 0.1) is 5.92 Å². The zero-order valence-corrected chi connectivity index (χ0v) is 12.6. The summed E-state index contributed by atoms with van der Waals surface area (Å²) in [5.41, 5.74) is 1.39. The first-order valence-corrected chi connectivity index (χ1v) is 7.84. The molecule has 2 aromatic rings. The number of phenols is 1. The molecular weight excluding hydrogens is 276 g/mol. The molecule has 2 aliphatic rings. The molecule has 3 atom stereocenters. The van der Waals surface area contributed by atoms with E-state index >= 15 is 0 Å². The maximum atomic E-state index is 8.63. The second-order valence-corrected chi connectivity index (χ2v) is 5.78. The van der Waals surface area contributed by atoms with Gasteiger partial charge in [0, 0.05) is 12.5 Å². The van der Waals surface area contributed by atoms with Gasteiger partial charge in [0.1, 0.15) is 5.75 Å². The molecule has 3 nitrogen and oxygen atoms in total. The Bertz CT molecular complexity index is 555. The molecule has 0 radical (unpaired) electrons. The van der Waals surface area contributed by atoms with Gasteiger partial charge in [-0.2, -0.15) is 0 Å². The van der Waals surface area contributed by atoms with Gasteiger partial charge in [-0.05, 0) is 30.5 Å². The minimum absolute atomic E-state index is 0.322. The Morgan fingerprint density at radius 1 is 0.909 bits per heavy atom. The molecule has 1 N–H and O–H groups in total. The van der Waals surface area contributed by atoms with Crippen molar-refractivity contribution < 1.29 is 14.6 Å². The molecule has 4 rings (SSSR count). The predicted molar refractivity (Wildman–Crippen MR) is 85.8 cm³/mol. The van der Waals surface area contributed by atoms with Crippen molar-refractivity contribution in [3.05, 3.63) is 66.2 Å². The largest absolute Gasteiger partial charge is 0.508 e. The molecule has 2 saturated heterocycles. The van der Waals surface area contributed by atoms with Crippen LogP contribution in [0.25, 0.3) is 0 Å². The molecule has 0 saturated carbocycles. The third kappa shape index (κ3) is 3.87. The fraction of sp³-hybridized carbons (Fsp3) is 0.368. The Hall–Kier alpha value is -1.84. The lowest BCUT2D eigenvalue weighted by Crippen LogP contribution is -2.24. The molecule has 0 aliphatic carbocycles. The summed E-state index contributed by atoms with van der Waals surface area (Å²) in [5.74, 6) is 0.877. The third-order valence-electron chi connectivity index (χ3n) is 4.17. The van der Waals surface area contributed by atoms with Gasteiger partial charge in [0.15, 0.2) is 0 Å². The number of ether oxygens (including phenoxy) is 2. The summed E-state index contributed by atoms with van der Waals surface area (Å²) in [5, 5.41) is 8.63. The molecule has 2 aromatic carbocycles. The molecule has 0 amide bonds. The van der Waals surface area contributed by atoms with E-state index in [-0.39, 0.29) is 0 Å². The van der Waals surface area contributed by atoms with E-state index in [0.29, 0.717) is 23.9 Å². The van der Waals surface area contributed by atoms with Crippen molar-refractivity contribution in [3.8, 4) is 5.75 Å². The summed E-state index contributed by atoms with van der Waals surface area (Å²) < 4.78 is 11.5. The van der Waals surface area contributed by atoms with Gasteiger partial charge in [-0.1, -0.05) is 48.5 Å². The van der Waals surface area contributed by atoms with Crippen LogP contribution in [-0.2, 0) is 15.9 Å². The first-order valence-electron chi connectivity index (χ1n) is 7.84. The van der Waals surface area contributed by atoms with Gasteiger partial charge in [0.05, 0.1) is 18.8 Å². The molecule has 2 fully saturated rings. The molecule has 2 aliphatic heterocycles. The van der Waals surface area contributed by atoms with E-state index < -0.39 is 0 Å². The van der Waals surface area contributed by atoms with Crippen molar-refractivity contribution in [1.29, 1.82) is 0 Å². The molecule has 3 unspecified atom stereocenters. The van der Waals surface area contributed by atoms with Crippen molar-refractivity contribution in [2.24, 2.45) is 5.92 Å². The molecule has 22 heavy (non-hydrogen) atoms. The summed E-state index contributed by atoms with van der Waals surface area (Å²) in [6.07, 6.45) is 2.89. The molecule has 0 spiro atoms. The Morgan fingerprint density at radius 3 is 2.23 bits per heavy atom. The van der Waals surface area contributed by atoms with E-state index in [1.165, 1.54) is 5.56 Å². The zero-order valence-electron chi connectivity index (χ0n) is 12.6. The minimum atomic E-state index is 0.322. The van der Waals surface area contributed by atoms with E-state index in [1.54, 1.807) is 24.3 Å². The van der Waals surface area contributed by atoms with Crippen LogP contribution < -0.4 is 0 Å². The predicted octanol–water partition coefficient (Wildman–Crippen LogP) is 3.43. The van der Waals surface area contributed by atoms with Gasteiger partial charge in [-0.15, -0.1) is 0 Å². The molecule has 2 heterocycles. The molecule has 0 bridgehead atoms. The average Bonchev–Trinajstić information content (AvgIpc) is 3.15. The van der Waals surface area contributed by atoms with E-state index in [1.807, 2.05) is 6.07 Å². The first-order chi connectivity index (χ1) is 10.8. The van der Waals surface area contributed by atoms with Crippen LogP contribution in [0.15, 0.2) is 60.7 Å². The molecular formula is C19H22O3. The number of para-hydroxylation sites is 1. The highest BCUT2D eigenvalue weighted by atomic mass is 16.6. The SMILES string of the molecule is Oc1ccccc1.c1ccc(CC2COC3CCOC23)cc1. The van der Waals surface area contributed by atoms with Crippen LogP contribution in [0.2, 0.25) is 0 Å². The summed E-state index contributed by atoms with van der Waals surface area (Å²) in [6, 6.07) is 19.3. The Labute approximate surface area is 131 Å². The number of aromatic hydroxyl groups is 1. The van der Waals surface area contributed by atoms with Crippen molar-refractivity contribution in [2.45, 2.75) is 25.0 Å². The third-order valence-corrected chi connectivity index (χ3v) is 4.17. The topological polar surface area (TPSA) is 38.7 Å². The maximum Gasteiger partial charge on any atom is 0.115 e. The highest BCUT2D eigenvalue weighted by Crippen LogP contribution is 2.32. The normalized spacial score (nSPS) is 26.1. The van der Waals surface area contributed by atoms with E-state index in [0.717, 1.165) is 26.1 Å². The Balaban J connectivity index is 0.000000174. The summed E-state index contributed by atoms with van der Waals surface area (Å²) >= 11 is 0. The monoisotopic (exact) mass is 298 g/mol.